The number of halogens is 1. The zero-order valence-corrected chi connectivity index (χ0v) is 13.4. The molecule has 5 nitrogen and oxygen atoms in total. The Balaban J connectivity index is 1.52. The molecule has 2 aliphatic rings. The third-order valence-corrected chi connectivity index (χ3v) is 5.38. The molecular formula is C16H19ClN4O. The van der Waals surface area contributed by atoms with Crippen LogP contribution >= 0.6 is 11.6 Å². The fourth-order valence-corrected chi connectivity index (χ4v) is 4.00. The summed E-state index contributed by atoms with van der Waals surface area (Å²) in [6, 6.07) is 3.94. The number of nitrogens with zero attached hydrogens (tertiary/aromatic N) is 3. The maximum Gasteiger partial charge on any atom is 0.219 e. The third kappa shape index (κ3) is 2.15. The lowest BCUT2D eigenvalue weighted by atomic mass is 9.72. The number of rotatable bonds is 1. The third-order valence-electron chi connectivity index (χ3n) is 5.16. The minimum atomic E-state index is 0.197. The van der Waals surface area contributed by atoms with Crippen molar-refractivity contribution in [1.29, 1.82) is 0 Å². The predicted octanol–water partition coefficient (Wildman–Crippen LogP) is 2.67. The SMILES string of the molecule is CC(=O)N1CC2(CCN(c3cc(Cl)cc4[nH]ncc34)CC2)C1. The summed E-state index contributed by atoms with van der Waals surface area (Å²) in [5.41, 5.74) is 2.49. The first kappa shape index (κ1) is 13.9. The van der Waals surface area contributed by atoms with Crippen LogP contribution < -0.4 is 4.90 Å². The Labute approximate surface area is 134 Å². The molecule has 1 aromatic carbocycles. The van der Waals surface area contributed by atoms with Crippen LogP contribution in [0.3, 0.4) is 0 Å². The molecule has 0 bridgehead atoms. The van der Waals surface area contributed by atoms with Gasteiger partial charge in [0.2, 0.25) is 5.91 Å². The summed E-state index contributed by atoms with van der Waals surface area (Å²) >= 11 is 6.23. The van der Waals surface area contributed by atoms with Gasteiger partial charge in [-0.1, -0.05) is 11.6 Å². The molecule has 0 aliphatic carbocycles. The van der Waals surface area contributed by atoms with E-state index in [1.54, 1.807) is 6.92 Å². The molecule has 6 heteroatoms. The van der Waals surface area contributed by atoms with Gasteiger partial charge < -0.3 is 9.80 Å². The van der Waals surface area contributed by atoms with Crippen molar-refractivity contribution in [2.75, 3.05) is 31.1 Å². The largest absolute Gasteiger partial charge is 0.371 e. The van der Waals surface area contributed by atoms with E-state index in [2.05, 4.69) is 15.1 Å². The molecule has 1 aromatic heterocycles. The summed E-state index contributed by atoms with van der Waals surface area (Å²) in [4.78, 5) is 15.7. The number of nitrogens with one attached hydrogen (secondary N) is 1. The second kappa shape index (κ2) is 4.88. The van der Waals surface area contributed by atoms with Crippen LogP contribution in [0.5, 0.6) is 0 Å². The van der Waals surface area contributed by atoms with E-state index in [4.69, 9.17) is 11.6 Å². The van der Waals surface area contributed by atoms with Crippen LogP contribution in [-0.2, 0) is 4.79 Å². The molecule has 0 radical (unpaired) electrons. The number of piperidine rings is 1. The van der Waals surface area contributed by atoms with Crippen molar-refractivity contribution in [2.45, 2.75) is 19.8 Å². The number of hydrogen-bond acceptors (Lipinski definition) is 3. The number of H-pyrrole nitrogens is 1. The van der Waals surface area contributed by atoms with Gasteiger partial charge in [0, 0.05) is 54.6 Å². The minimum absolute atomic E-state index is 0.197. The number of amides is 1. The van der Waals surface area contributed by atoms with Crippen molar-refractivity contribution < 1.29 is 4.79 Å². The molecule has 22 heavy (non-hydrogen) atoms. The van der Waals surface area contributed by atoms with Gasteiger partial charge in [-0.05, 0) is 25.0 Å². The summed E-state index contributed by atoms with van der Waals surface area (Å²) in [6.07, 6.45) is 4.12. The highest BCUT2D eigenvalue weighted by Gasteiger charge is 2.45. The number of fused-ring (bicyclic) bond motifs is 1. The summed E-state index contributed by atoms with van der Waals surface area (Å²) in [6.45, 7) is 5.52. The van der Waals surface area contributed by atoms with Crippen LogP contribution in [0.1, 0.15) is 19.8 Å². The first-order chi connectivity index (χ1) is 10.6. The first-order valence-electron chi connectivity index (χ1n) is 7.69. The zero-order chi connectivity index (χ0) is 15.3. The standard InChI is InChI=1S/C16H19ClN4O/c1-11(22)21-9-16(10-21)2-4-20(5-3-16)15-7-12(17)6-14-13(15)8-18-19-14/h6-8H,2-5,9-10H2,1H3,(H,18,19). The lowest BCUT2D eigenvalue weighted by molar-refractivity contribution is -0.142. The van der Waals surface area contributed by atoms with Gasteiger partial charge in [0.1, 0.15) is 0 Å². The number of carbonyl (C=O) groups excluding carboxylic acids is 1. The summed E-state index contributed by atoms with van der Waals surface area (Å²) < 4.78 is 0. The van der Waals surface area contributed by atoms with Crippen molar-refractivity contribution in [3.05, 3.63) is 23.4 Å². The van der Waals surface area contributed by atoms with Gasteiger partial charge in [-0.3, -0.25) is 9.89 Å². The highest BCUT2D eigenvalue weighted by molar-refractivity contribution is 6.31. The predicted molar refractivity (Wildman–Crippen MR) is 87.2 cm³/mol. The van der Waals surface area contributed by atoms with Gasteiger partial charge in [0.15, 0.2) is 0 Å². The first-order valence-corrected chi connectivity index (χ1v) is 8.07. The van der Waals surface area contributed by atoms with Crippen molar-refractivity contribution >= 4 is 34.1 Å². The normalized spacial score (nSPS) is 20.5. The number of anilines is 1. The van der Waals surface area contributed by atoms with Gasteiger partial charge in [0.25, 0.3) is 0 Å². The van der Waals surface area contributed by atoms with Crippen LogP contribution in [0.25, 0.3) is 10.9 Å². The molecule has 3 heterocycles. The Bertz CT molecular complexity index is 725. The molecule has 0 unspecified atom stereocenters. The lowest BCUT2D eigenvalue weighted by Gasteiger charge is -2.54. The molecule has 1 amide bonds. The fourth-order valence-electron chi connectivity index (χ4n) is 3.78. The van der Waals surface area contributed by atoms with Crippen molar-refractivity contribution in [2.24, 2.45) is 5.41 Å². The summed E-state index contributed by atoms with van der Waals surface area (Å²) in [5, 5.41) is 8.98. The molecule has 1 spiro atoms. The number of aromatic nitrogens is 2. The van der Waals surface area contributed by atoms with E-state index in [0.717, 1.165) is 60.6 Å². The number of benzene rings is 1. The average Bonchev–Trinajstić information content (AvgIpc) is 2.92. The molecule has 116 valence electrons. The zero-order valence-electron chi connectivity index (χ0n) is 12.6. The van der Waals surface area contributed by atoms with Crippen LogP contribution in [0, 0.1) is 5.41 Å². The Kier molecular flexibility index (Phi) is 3.08. The van der Waals surface area contributed by atoms with E-state index in [-0.39, 0.29) is 5.91 Å². The van der Waals surface area contributed by atoms with Gasteiger partial charge in [-0.15, -0.1) is 0 Å². The molecule has 2 aliphatic heterocycles. The van der Waals surface area contributed by atoms with Crippen LogP contribution in [-0.4, -0.2) is 47.2 Å². The van der Waals surface area contributed by atoms with E-state index >= 15 is 0 Å². The maximum absolute atomic E-state index is 11.4. The quantitative estimate of drug-likeness (QED) is 0.879. The van der Waals surface area contributed by atoms with Crippen molar-refractivity contribution in [1.82, 2.24) is 15.1 Å². The molecular weight excluding hydrogens is 300 g/mol. The molecule has 2 aromatic rings. The number of carbonyl (C=O) groups is 1. The molecule has 0 atom stereocenters. The Morgan fingerprint density at radius 2 is 2.05 bits per heavy atom. The summed E-state index contributed by atoms with van der Waals surface area (Å²) in [7, 11) is 0. The lowest BCUT2D eigenvalue weighted by Crippen LogP contribution is -2.61. The van der Waals surface area contributed by atoms with Gasteiger partial charge in [-0.25, -0.2) is 0 Å². The van der Waals surface area contributed by atoms with E-state index in [0.29, 0.717) is 5.41 Å². The van der Waals surface area contributed by atoms with Crippen LogP contribution in [0.15, 0.2) is 18.3 Å². The van der Waals surface area contributed by atoms with Gasteiger partial charge in [0.05, 0.1) is 11.7 Å². The topological polar surface area (TPSA) is 52.2 Å². The van der Waals surface area contributed by atoms with E-state index in [9.17, 15) is 4.79 Å². The van der Waals surface area contributed by atoms with E-state index in [1.807, 2.05) is 23.2 Å². The average molecular weight is 319 g/mol. The number of likely N-dealkylation sites (tertiary alicyclic amines) is 1. The highest BCUT2D eigenvalue weighted by Crippen LogP contribution is 2.42. The Morgan fingerprint density at radius 1 is 1.32 bits per heavy atom. The second-order valence-corrected chi connectivity index (χ2v) is 7.05. The second-order valence-electron chi connectivity index (χ2n) is 6.62. The Hall–Kier alpha value is -1.75. The monoisotopic (exact) mass is 318 g/mol. The van der Waals surface area contributed by atoms with Crippen LogP contribution in [0.2, 0.25) is 5.02 Å². The van der Waals surface area contributed by atoms with Gasteiger partial charge >= 0.3 is 0 Å². The minimum Gasteiger partial charge on any atom is -0.371 e. The highest BCUT2D eigenvalue weighted by atomic mass is 35.5. The smallest absolute Gasteiger partial charge is 0.219 e. The Morgan fingerprint density at radius 3 is 2.73 bits per heavy atom. The molecule has 2 fully saturated rings. The molecule has 2 saturated heterocycles. The number of hydrogen-bond donors (Lipinski definition) is 1. The van der Waals surface area contributed by atoms with Crippen molar-refractivity contribution in [3.8, 4) is 0 Å². The molecule has 0 saturated carbocycles. The van der Waals surface area contributed by atoms with Crippen molar-refractivity contribution in [3.63, 3.8) is 0 Å². The van der Waals surface area contributed by atoms with Gasteiger partial charge in [-0.2, -0.15) is 5.10 Å². The molecule has 4 rings (SSSR count). The molecule has 1 N–H and O–H groups in total. The maximum atomic E-state index is 11.4. The van der Waals surface area contributed by atoms with E-state index in [1.165, 1.54) is 0 Å². The van der Waals surface area contributed by atoms with Crippen LogP contribution in [0.4, 0.5) is 5.69 Å². The van der Waals surface area contributed by atoms with E-state index < -0.39 is 0 Å². The number of aromatic amines is 1. The fraction of sp³-hybridized carbons (Fsp3) is 0.500. The summed E-state index contributed by atoms with van der Waals surface area (Å²) in [5.74, 6) is 0.197.